The first-order chi connectivity index (χ1) is 9.14. The molecule has 0 N–H and O–H groups in total. The van der Waals surface area contributed by atoms with E-state index in [2.05, 4.69) is 0 Å². The fourth-order valence-electron chi connectivity index (χ4n) is 2.80. The minimum absolute atomic E-state index is 0.276. The van der Waals surface area contributed by atoms with E-state index in [1.807, 2.05) is 27.7 Å². The Morgan fingerprint density at radius 2 is 1.80 bits per heavy atom. The van der Waals surface area contributed by atoms with E-state index in [0.717, 1.165) is 6.42 Å². The molecule has 0 bridgehead atoms. The van der Waals surface area contributed by atoms with Crippen molar-refractivity contribution in [1.29, 1.82) is 0 Å². The third-order valence-electron chi connectivity index (χ3n) is 4.72. The first kappa shape index (κ1) is 15.9. The van der Waals surface area contributed by atoms with Gasteiger partial charge in [0.15, 0.2) is 0 Å². The summed E-state index contributed by atoms with van der Waals surface area (Å²) in [6, 6.07) is 0. The zero-order valence-electron chi connectivity index (χ0n) is 12.5. The molecule has 1 saturated carbocycles. The molecular formula is C14H22BF3O2. The van der Waals surface area contributed by atoms with Crippen LogP contribution in [0.2, 0.25) is 0 Å². The summed E-state index contributed by atoms with van der Waals surface area (Å²) in [5.74, 6) is -0.381. The number of hydrogen-bond acceptors (Lipinski definition) is 2. The van der Waals surface area contributed by atoms with Crippen LogP contribution in [0.3, 0.4) is 0 Å². The van der Waals surface area contributed by atoms with Crippen LogP contribution < -0.4 is 0 Å². The molecule has 0 amide bonds. The average molecular weight is 290 g/mol. The van der Waals surface area contributed by atoms with Gasteiger partial charge in [-0.25, -0.2) is 13.2 Å². The van der Waals surface area contributed by atoms with Gasteiger partial charge in [-0.1, -0.05) is 0 Å². The summed E-state index contributed by atoms with van der Waals surface area (Å²) in [5.41, 5.74) is -1.27. The van der Waals surface area contributed by atoms with Crippen LogP contribution in [0.1, 0.15) is 53.4 Å². The minimum Gasteiger partial charge on any atom is -0.398 e. The zero-order valence-corrected chi connectivity index (χ0v) is 12.5. The van der Waals surface area contributed by atoms with Gasteiger partial charge in [-0.05, 0) is 58.4 Å². The molecule has 1 aliphatic carbocycles. The molecule has 114 valence electrons. The van der Waals surface area contributed by atoms with E-state index in [9.17, 15) is 13.2 Å². The van der Waals surface area contributed by atoms with Crippen molar-refractivity contribution >= 4 is 7.12 Å². The summed E-state index contributed by atoms with van der Waals surface area (Å²) in [5, 5.41) is 0. The molecule has 1 aliphatic heterocycles. The molecule has 2 aliphatic rings. The molecule has 0 aromatic heterocycles. The summed E-state index contributed by atoms with van der Waals surface area (Å²) in [6.45, 7) is 7.37. The molecule has 20 heavy (non-hydrogen) atoms. The van der Waals surface area contributed by atoms with Gasteiger partial charge in [-0.15, -0.1) is 0 Å². The quantitative estimate of drug-likeness (QED) is 0.722. The molecule has 6 heteroatoms. The Morgan fingerprint density at radius 1 is 1.25 bits per heavy atom. The topological polar surface area (TPSA) is 18.5 Å². The first-order valence-corrected chi connectivity index (χ1v) is 7.16. The van der Waals surface area contributed by atoms with Crippen molar-refractivity contribution in [2.75, 3.05) is 0 Å². The SMILES string of the molecule is CC1(C)OB(C(F)=C2CCCC2CC(F)F)OC1(C)C. The number of rotatable bonds is 3. The van der Waals surface area contributed by atoms with Crippen molar-refractivity contribution in [2.45, 2.75) is 71.0 Å². The third kappa shape index (κ3) is 2.91. The average Bonchev–Trinajstić information content (AvgIpc) is 2.80. The highest BCUT2D eigenvalue weighted by atomic mass is 19.3. The monoisotopic (exact) mass is 290 g/mol. The Kier molecular flexibility index (Phi) is 4.27. The lowest BCUT2D eigenvalue weighted by Gasteiger charge is -2.32. The Labute approximate surface area is 118 Å². The van der Waals surface area contributed by atoms with Crippen LogP contribution in [0.5, 0.6) is 0 Å². The minimum atomic E-state index is -2.40. The van der Waals surface area contributed by atoms with Gasteiger partial charge in [0.25, 0.3) is 0 Å². The number of halogens is 3. The molecule has 1 saturated heterocycles. The van der Waals surface area contributed by atoms with Crippen LogP contribution in [-0.4, -0.2) is 24.7 Å². The van der Waals surface area contributed by atoms with E-state index in [4.69, 9.17) is 9.31 Å². The molecule has 0 aromatic rings. The van der Waals surface area contributed by atoms with E-state index >= 15 is 0 Å². The summed E-state index contributed by atoms with van der Waals surface area (Å²) in [7, 11) is -1.06. The summed E-state index contributed by atoms with van der Waals surface area (Å²) < 4.78 is 51.0. The largest absolute Gasteiger partial charge is 0.525 e. The molecule has 1 unspecified atom stereocenters. The Hall–Kier alpha value is -0.485. The van der Waals surface area contributed by atoms with Crippen molar-refractivity contribution in [1.82, 2.24) is 0 Å². The van der Waals surface area contributed by atoms with Gasteiger partial charge in [0.1, 0.15) is 5.73 Å². The van der Waals surface area contributed by atoms with Gasteiger partial charge in [-0.3, -0.25) is 0 Å². The van der Waals surface area contributed by atoms with Gasteiger partial charge in [0.2, 0.25) is 6.43 Å². The Morgan fingerprint density at radius 3 is 2.30 bits per heavy atom. The van der Waals surface area contributed by atoms with Gasteiger partial charge < -0.3 is 9.31 Å². The maximum Gasteiger partial charge on any atom is 0.525 e. The van der Waals surface area contributed by atoms with E-state index in [1.54, 1.807) is 0 Å². The predicted octanol–water partition coefficient (Wildman–Crippen LogP) is 4.30. The van der Waals surface area contributed by atoms with Crippen molar-refractivity contribution in [3.8, 4) is 0 Å². The molecule has 1 heterocycles. The van der Waals surface area contributed by atoms with Crippen LogP contribution >= 0.6 is 0 Å². The van der Waals surface area contributed by atoms with Gasteiger partial charge >= 0.3 is 7.12 Å². The molecular weight excluding hydrogens is 268 g/mol. The van der Waals surface area contributed by atoms with E-state index in [1.165, 1.54) is 0 Å². The Bertz CT molecular complexity index is 391. The van der Waals surface area contributed by atoms with E-state index < -0.39 is 30.5 Å². The van der Waals surface area contributed by atoms with Crippen molar-refractivity contribution < 1.29 is 22.5 Å². The van der Waals surface area contributed by atoms with Gasteiger partial charge in [0, 0.05) is 6.42 Å². The highest BCUT2D eigenvalue weighted by Crippen LogP contribution is 2.43. The number of hydrogen-bond donors (Lipinski definition) is 0. The van der Waals surface area contributed by atoms with Crippen LogP contribution in [-0.2, 0) is 9.31 Å². The fourth-order valence-corrected chi connectivity index (χ4v) is 2.80. The lowest BCUT2D eigenvalue weighted by molar-refractivity contribution is 0.00578. The van der Waals surface area contributed by atoms with Crippen molar-refractivity contribution in [3.63, 3.8) is 0 Å². The fraction of sp³-hybridized carbons (Fsp3) is 0.857. The molecule has 0 aromatic carbocycles. The molecule has 2 rings (SSSR count). The second kappa shape index (κ2) is 5.37. The lowest BCUT2D eigenvalue weighted by atomic mass is 9.81. The summed E-state index contributed by atoms with van der Waals surface area (Å²) in [4.78, 5) is 0. The Balaban J connectivity index is 2.18. The molecule has 2 fully saturated rings. The molecule has 1 atom stereocenters. The lowest BCUT2D eigenvalue weighted by Crippen LogP contribution is -2.41. The highest BCUT2D eigenvalue weighted by molar-refractivity contribution is 6.53. The second-order valence-electron chi connectivity index (χ2n) is 6.68. The molecule has 0 spiro atoms. The maximum atomic E-state index is 14.6. The van der Waals surface area contributed by atoms with Gasteiger partial charge in [-0.2, -0.15) is 0 Å². The zero-order chi connectivity index (χ0) is 15.1. The van der Waals surface area contributed by atoms with E-state index in [-0.39, 0.29) is 12.3 Å². The smallest absolute Gasteiger partial charge is 0.398 e. The normalized spacial score (nSPS) is 31.2. The van der Waals surface area contributed by atoms with Crippen LogP contribution in [0.25, 0.3) is 0 Å². The number of allylic oxidation sites excluding steroid dienone is 1. The second-order valence-corrected chi connectivity index (χ2v) is 6.68. The van der Waals surface area contributed by atoms with Crippen LogP contribution in [0.15, 0.2) is 11.3 Å². The third-order valence-corrected chi connectivity index (χ3v) is 4.72. The van der Waals surface area contributed by atoms with Crippen molar-refractivity contribution in [3.05, 3.63) is 11.3 Å². The standard InChI is InChI=1S/C14H22BF3O2/c1-13(2)14(3,4)20-15(19-13)12(18)10-7-5-6-9(10)8-11(16)17/h9,11H,5-8H2,1-4H3. The highest BCUT2D eigenvalue weighted by Gasteiger charge is 2.54. The van der Waals surface area contributed by atoms with E-state index in [0.29, 0.717) is 18.4 Å². The molecule has 0 radical (unpaired) electrons. The number of alkyl halides is 2. The first-order valence-electron chi connectivity index (χ1n) is 7.16. The van der Waals surface area contributed by atoms with Crippen LogP contribution in [0, 0.1) is 5.92 Å². The summed E-state index contributed by atoms with van der Waals surface area (Å²) >= 11 is 0. The van der Waals surface area contributed by atoms with Crippen molar-refractivity contribution in [2.24, 2.45) is 5.92 Å². The molecule has 2 nitrogen and oxygen atoms in total. The predicted molar refractivity (Wildman–Crippen MR) is 72.2 cm³/mol. The van der Waals surface area contributed by atoms with Gasteiger partial charge in [0.05, 0.1) is 11.2 Å². The van der Waals surface area contributed by atoms with Crippen LogP contribution in [0.4, 0.5) is 13.2 Å². The maximum absolute atomic E-state index is 14.6. The summed E-state index contributed by atoms with van der Waals surface area (Å²) in [6.07, 6.45) is -0.791.